The number of hydrogen-bond donors (Lipinski definition) is 1. The highest BCUT2D eigenvalue weighted by molar-refractivity contribution is 7.99. The Balaban J connectivity index is 1.83. The molecule has 0 aliphatic rings. The summed E-state index contributed by atoms with van der Waals surface area (Å²) in [5.41, 5.74) is 3.44. The van der Waals surface area contributed by atoms with Crippen LogP contribution in [0.3, 0.4) is 0 Å². The van der Waals surface area contributed by atoms with Crippen LogP contribution < -0.4 is 5.32 Å². The topological polar surface area (TPSA) is 49.4 Å². The van der Waals surface area contributed by atoms with Gasteiger partial charge in [-0.1, -0.05) is 59.8 Å². The summed E-state index contributed by atoms with van der Waals surface area (Å²) < 4.78 is 0. The van der Waals surface area contributed by atoms with Crippen molar-refractivity contribution in [3.05, 3.63) is 89.5 Å². The highest BCUT2D eigenvalue weighted by atomic mass is 32.2. The van der Waals surface area contributed by atoms with Crippen LogP contribution in [-0.2, 0) is 11.3 Å². The zero-order valence-electron chi connectivity index (χ0n) is 16.8. The van der Waals surface area contributed by atoms with Gasteiger partial charge in [0.25, 0.3) is 5.91 Å². The van der Waals surface area contributed by atoms with E-state index < -0.39 is 0 Å². The van der Waals surface area contributed by atoms with E-state index >= 15 is 0 Å². The number of nitrogens with one attached hydrogen (secondary N) is 1. The van der Waals surface area contributed by atoms with Crippen LogP contribution >= 0.6 is 11.8 Å². The lowest BCUT2D eigenvalue weighted by Crippen LogP contribution is -2.26. The van der Waals surface area contributed by atoms with Gasteiger partial charge in [-0.15, -0.1) is 0 Å². The Morgan fingerprint density at radius 1 is 0.966 bits per heavy atom. The maximum Gasteiger partial charge on any atom is 0.253 e. The molecule has 0 aliphatic carbocycles. The summed E-state index contributed by atoms with van der Waals surface area (Å²) >= 11 is 1.56. The van der Waals surface area contributed by atoms with E-state index in [1.165, 1.54) is 12.5 Å². The van der Waals surface area contributed by atoms with Crippen LogP contribution in [0.15, 0.2) is 82.6 Å². The van der Waals surface area contributed by atoms with Gasteiger partial charge >= 0.3 is 0 Å². The first kappa shape index (κ1) is 20.7. The molecule has 0 atom stereocenters. The van der Waals surface area contributed by atoms with E-state index in [-0.39, 0.29) is 11.8 Å². The molecule has 0 aromatic heterocycles. The molecule has 1 N–H and O–H groups in total. The third-order valence-electron chi connectivity index (χ3n) is 4.40. The minimum absolute atomic E-state index is 0.0904. The Morgan fingerprint density at radius 3 is 2.31 bits per heavy atom. The molecule has 2 amide bonds. The van der Waals surface area contributed by atoms with Crippen molar-refractivity contribution < 1.29 is 9.59 Å². The Hall–Kier alpha value is -3.05. The highest BCUT2D eigenvalue weighted by Crippen LogP contribution is 2.34. The second kappa shape index (κ2) is 9.43. The van der Waals surface area contributed by atoms with Gasteiger partial charge in [0, 0.05) is 35.9 Å². The molecule has 3 aromatic rings. The molecule has 148 valence electrons. The van der Waals surface area contributed by atoms with Gasteiger partial charge < -0.3 is 10.2 Å². The SMILES string of the molecule is CC(=O)Nc1cc(C(=O)N(C)Cc2ccccc2)ccc1Sc1ccc(C)cc1. The molecule has 0 heterocycles. The van der Waals surface area contributed by atoms with Crippen LogP contribution in [-0.4, -0.2) is 23.8 Å². The predicted octanol–water partition coefficient (Wildman–Crippen LogP) is 5.38. The molecule has 0 aliphatic heterocycles. The van der Waals surface area contributed by atoms with E-state index in [1.54, 1.807) is 29.8 Å². The highest BCUT2D eigenvalue weighted by Gasteiger charge is 2.15. The molecule has 0 unspecified atom stereocenters. The molecule has 5 heteroatoms. The van der Waals surface area contributed by atoms with E-state index in [1.807, 2.05) is 61.5 Å². The monoisotopic (exact) mass is 404 g/mol. The average Bonchev–Trinajstić information content (AvgIpc) is 2.70. The van der Waals surface area contributed by atoms with Gasteiger partial charge in [0.05, 0.1) is 5.69 Å². The van der Waals surface area contributed by atoms with Gasteiger partial charge in [0.15, 0.2) is 0 Å². The fourth-order valence-corrected chi connectivity index (χ4v) is 3.80. The molecule has 0 spiro atoms. The number of amides is 2. The van der Waals surface area contributed by atoms with Crippen molar-refractivity contribution in [3.63, 3.8) is 0 Å². The molecular formula is C24H24N2O2S. The first-order valence-corrected chi connectivity index (χ1v) is 10.2. The molecule has 29 heavy (non-hydrogen) atoms. The van der Waals surface area contributed by atoms with Crippen LogP contribution in [0.5, 0.6) is 0 Å². The number of nitrogens with zero attached hydrogens (tertiary/aromatic N) is 1. The smallest absolute Gasteiger partial charge is 0.253 e. The lowest BCUT2D eigenvalue weighted by molar-refractivity contribution is -0.114. The van der Waals surface area contributed by atoms with Crippen LogP contribution in [0.4, 0.5) is 5.69 Å². The fraction of sp³-hybridized carbons (Fsp3) is 0.167. The number of anilines is 1. The summed E-state index contributed by atoms with van der Waals surface area (Å²) in [7, 11) is 1.78. The lowest BCUT2D eigenvalue weighted by atomic mass is 10.1. The fourth-order valence-electron chi connectivity index (χ4n) is 2.92. The van der Waals surface area contributed by atoms with Gasteiger partial charge in [-0.05, 0) is 42.8 Å². The van der Waals surface area contributed by atoms with Gasteiger partial charge in [-0.2, -0.15) is 0 Å². The molecular weight excluding hydrogens is 380 g/mol. The van der Waals surface area contributed by atoms with E-state index in [4.69, 9.17) is 0 Å². The summed E-state index contributed by atoms with van der Waals surface area (Å²) in [4.78, 5) is 28.2. The average molecular weight is 405 g/mol. The second-order valence-corrected chi connectivity index (χ2v) is 8.07. The Labute approximate surface area is 175 Å². The van der Waals surface area contributed by atoms with Crippen molar-refractivity contribution >= 4 is 29.3 Å². The first-order valence-electron chi connectivity index (χ1n) is 9.38. The minimum atomic E-state index is -0.169. The van der Waals surface area contributed by atoms with Crippen LogP contribution in [0.2, 0.25) is 0 Å². The minimum Gasteiger partial charge on any atom is -0.337 e. The number of carbonyl (C=O) groups is 2. The molecule has 3 aromatic carbocycles. The Morgan fingerprint density at radius 2 is 1.66 bits per heavy atom. The van der Waals surface area contributed by atoms with Crippen LogP contribution in [0.25, 0.3) is 0 Å². The van der Waals surface area contributed by atoms with Crippen molar-refractivity contribution in [1.29, 1.82) is 0 Å². The number of benzene rings is 3. The number of aryl methyl sites for hydroxylation is 1. The molecule has 0 bridgehead atoms. The van der Waals surface area contributed by atoms with E-state index in [0.29, 0.717) is 17.8 Å². The maximum atomic E-state index is 12.9. The molecule has 0 radical (unpaired) electrons. The van der Waals surface area contributed by atoms with Gasteiger partial charge in [0.2, 0.25) is 5.91 Å². The number of rotatable bonds is 6. The van der Waals surface area contributed by atoms with Gasteiger partial charge in [-0.25, -0.2) is 0 Å². The molecule has 0 saturated heterocycles. The van der Waals surface area contributed by atoms with Crippen molar-refractivity contribution in [3.8, 4) is 0 Å². The molecule has 3 rings (SSSR count). The van der Waals surface area contributed by atoms with Crippen molar-refractivity contribution in [2.24, 2.45) is 0 Å². The molecule has 4 nitrogen and oxygen atoms in total. The molecule has 0 saturated carbocycles. The summed E-state index contributed by atoms with van der Waals surface area (Å²) in [6.45, 7) is 4.04. The van der Waals surface area contributed by atoms with E-state index in [2.05, 4.69) is 17.4 Å². The van der Waals surface area contributed by atoms with Crippen molar-refractivity contribution in [2.45, 2.75) is 30.2 Å². The molecule has 0 fully saturated rings. The third-order valence-corrected chi connectivity index (χ3v) is 5.48. The lowest BCUT2D eigenvalue weighted by Gasteiger charge is -2.19. The zero-order valence-corrected chi connectivity index (χ0v) is 17.6. The second-order valence-electron chi connectivity index (χ2n) is 6.95. The zero-order chi connectivity index (χ0) is 20.8. The first-order chi connectivity index (χ1) is 13.9. The number of hydrogen-bond acceptors (Lipinski definition) is 3. The summed E-state index contributed by atoms with van der Waals surface area (Å²) in [6, 6.07) is 23.5. The van der Waals surface area contributed by atoms with Crippen molar-refractivity contribution in [2.75, 3.05) is 12.4 Å². The Kier molecular flexibility index (Phi) is 6.73. The third kappa shape index (κ3) is 5.72. The van der Waals surface area contributed by atoms with Gasteiger partial charge in [-0.3, -0.25) is 9.59 Å². The maximum absolute atomic E-state index is 12.9. The quantitative estimate of drug-likeness (QED) is 0.600. The normalized spacial score (nSPS) is 10.4. The predicted molar refractivity (Wildman–Crippen MR) is 118 cm³/mol. The van der Waals surface area contributed by atoms with Crippen LogP contribution in [0.1, 0.15) is 28.4 Å². The summed E-state index contributed by atoms with van der Waals surface area (Å²) in [5.74, 6) is -0.259. The van der Waals surface area contributed by atoms with Gasteiger partial charge in [0.1, 0.15) is 0 Å². The summed E-state index contributed by atoms with van der Waals surface area (Å²) in [6.07, 6.45) is 0. The van der Waals surface area contributed by atoms with Crippen LogP contribution in [0, 0.1) is 6.92 Å². The van der Waals surface area contributed by atoms with E-state index in [0.717, 1.165) is 15.4 Å². The van der Waals surface area contributed by atoms with E-state index in [9.17, 15) is 9.59 Å². The standard InChI is InChI=1S/C24H24N2O2S/c1-17-9-12-21(13-10-17)29-23-14-11-20(15-22(23)25-18(2)27)24(28)26(3)16-19-7-5-4-6-8-19/h4-15H,16H2,1-3H3,(H,25,27). The Bertz CT molecular complexity index is 1000. The number of carbonyl (C=O) groups excluding carboxylic acids is 2. The van der Waals surface area contributed by atoms with Crippen molar-refractivity contribution in [1.82, 2.24) is 4.90 Å². The largest absolute Gasteiger partial charge is 0.337 e. The summed E-state index contributed by atoms with van der Waals surface area (Å²) in [5, 5.41) is 2.86.